The standard InChI is InChI=1S/C19H26N2O/c1-21(2)15-9-14-20-19(22)18(16-10-5-3-6-11-16)17-12-7-4-8-13-17/h3,5-6,10-11,17-18H,4,7-8,12-14H2,1-2H3,(H,20,22). The monoisotopic (exact) mass is 298 g/mol. The summed E-state index contributed by atoms with van der Waals surface area (Å²) >= 11 is 0. The highest BCUT2D eigenvalue weighted by molar-refractivity contribution is 5.84. The molecule has 1 aliphatic rings. The Morgan fingerprint density at radius 1 is 1.23 bits per heavy atom. The summed E-state index contributed by atoms with van der Waals surface area (Å²) in [7, 11) is 3.78. The number of amides is 1. The first-order valence-corrected chi connectivity index (χ1v) is 8.17. The molecule has 1 aromatic rings. The van der Waals surface area contributed by atoms with Gasteiger partial charge in [-0.15, -0.1) is 0 Å². The molecule has 1 fully saturated rings. The number of hydrogen-bond acceptors (Lipinski definition) is 2. The minimum Gasteiger partial charge on any atom is -0.345 e. The number of hydrogen-bond donors (Lipinski definition) is 1. The van der Waals surface area contributed by atoms with Gasteiger partial charge in [0.2, 0.25) is 5.91 Å². The van der Waals surface area contributed by atoms with E-state index in [4.69, 9.17) is 0 Å². The second kappa shape index (κ2) is 8.48. The number of carbonyl (C=O) groups is 1. The van der Waals surface area contributed by atoms with Crippen molar-refractivity contribution in [1.82, 2.24) is 10.2 Å². The molecular formula is C19H26N2O. The van der Waals surface area contributed by atoms with Crippen molar-refractivity contribution in [1.29, 1.82) is 0 Å². The Balaban J connectivity index is 2.07. The molecule has 22 heavy (non-hydrogen) atoms. The lowest BCUT2D eigenvalue weighted by atomic mass is 9.76. The molecule has 0 aliphatic heterocycles. The molecule has 1 saturated carbocycles. The molecule has 0 aromatic heterocycles. The summed E-state index contributed by atoms with van der Waals surface area (Å²) in [5.74, 6) is 3.50. The number of rotatable bonds is 4. The third kappa shape index (κ3) is 4.80. The smallest absolute Gasteiger partial charge is 0.228 e. The van der Waals surface area contributed by atoms with Gasteiger partial charge >= 0.3 is 0 Å². The van der Waals surface area contributed by atoms with Crippen molar-refractivity contribution in [3.05, 3.63) is 35.9 Å². The van der Waals surface area contributed by atoms with E-state index in [-0.39, 0.29) is 11.8 Å². The second-order valence-corrected chi connectivity index (χ2v) is 6.19. The van der Waals surface area contributed by atoms with E-state index >= 15 is 0 Å². The summed E-state index contributed by atoms with van der Waals surface area (Å²) < 4.78 is 0. The third-order valence-corrected chi connectivity index (χ3v) is 4.22. The van der Waals surface area contributed by atoms with Crippen molar-refractivity contribution in [3.8, 4) is 12.0 Å². The van der Waals surface area contributed by atoms with Crippen LogP contribution in [0.15, 0.2) is 30.3 Å². The summed E-state index contributed by atoms with van der Waals surface area (Å²) in [4.78, 5) is 14.5. The van der Waals surface area contributed by atoms with Crippen molar-refractivity contribution in [2.75, 3.05) is 20.6 Å². The fourth-order valence-corrected chi connectivity index (χ4v) is 3.20. The Bertz CT molecular complexity index is 521. The molecule has 1 aliphatic carbocycles. The molecule has 1 atom stereocenters. The Labute approximate surface area is 134 Å². The molecule has 3 nitrogen and oxygen atoms in total. The van der Waals surface area contributed by atoms with Gasteiger partial charge in [-0.2, -0.15) is 0 Å². The van der Waals surface area contributed by atoms with Crippen LogP contribution in [0.1, 0.15) is 43.6 Å². The molecule has 1 amide bonds. The molecule has 1 unspecified atom stereocenters. The predicted octanol–water partition coefficient (Wildman–Crippen LogP) is 2.99. The van der Waals surface area contributed by atoms with E-state index in [0.29, 0.717) is 12.5 Å². The summed E-state index contributed by atoms with van der Waals surface area (Å²) in [5, 5.41) is 2.99. The van der Waals surface area contributed by atoms with Gasteiger partial charge < -0.3 is 10.2 Å². The van der Waals surface area contributed by atoms with E-state index in [1.54, 1.807) is 4.90 Å². The minimum atomic E-state index is -0.0392. The zero-order chi connectivity index (χ0) is 15.8. The number of nitrogens with zero attached hydrogens (tertiary/aromatic N) is 1. The summed E-state index contributed by atoms with van der Waals surface area (Å²) in [6, 6.07) is 13.1. The molecule has 0 heterocycles. The number of carbonyl (C=O) groups excluding carboxylic acids is 1. The number of benzene rings is 1. The van der Waals surface area contributed by atoms with Gasteiger partial charge in [0, 0.05) is 20.1 Å². The largest absolute Gasteiger partial charge is 0.345 e. The Morgan fingerprint density at radius 2 is 1.91 bits per heavy atom. The molecule has 118 valence electrons. The van der Waals surface area contributed by atoms with Crippen molar-refractivity contribution in [2.24, 2.45) is 5.92 Å². The maximum absolute atomic E-state index is 12.7. The molecule has 0 saturated heterocycles. The highest BCUT2D eigenvalue weighted by Crippen LogP contribution is 2.36. The van der Waals surface area contributed by atoms with Gasteiger partial charge in [-0.1, -0.05) is 55.5 Å². The molecule has 3 heteroatoms. The normalized spacial score (nSPS) is 16.3. The summed E-state index contributed by atoms with van der Waals surface area (Å²) in [5.41, 5.74) is 1.13. The van der Waals surface area contributed by atoms with Gasteiger partial charge in [-0.3, -0.25) is 4.79 Å². The maximum atomic E-state index is 12.7. The Morgan fingerprint density at radius 3 is 2.55 bits per heavy atom. The SMILES string of the molecule is CN(C)C#CCNC(=O)C(c1ccccc1)C1CCCCC1. The van der Waals surface area contributed by atoms with Gasteiger partial charge in [0.15, 0.2) is 0 Å². The van der Waals surface area contributed by atoms with E-state index in [9.17, 15) is 4.79 Å². The van der Waals surface area contributed by atoms with Crippen molar-refractivity contribution in [3.63, 3.8) is 0 Å². The fourth-order valence-electron chi connectivity index (χ4n) is 3.20. The fraction of sp³-hybridized carbons (Fsp3) is 0.526. The van der Waals surface area contributed by atoms with Gasteiger partial charge in [0.05, 0.1) is 12.5 Å². The Hall–Kier alpha value is -1.95. The van der Waals surface area contributed by atoms with E-state index in [1.165, 1.54) is 19.3 Å². The van der Waals surface area contributed by atoms with Crippen LogP contribution in [0.2, 0.25) is 0 Å². The van der Waals surface area contributed by atoms with Crippen LogP contribution in [0.25, 0.3) is 0 Å². The second-order valence-electron chi connectivity index (χ2n) is 6.19. The highest BCUT2D eigenvalue weighted by atomic mass is 16.1. The van der Waals surface area contributed by atoms with Gasteiger partial charge in [-0.25, -0.2) is 0 Å². The molecule has 1 aromatic carbocycles. The van der Waals surface area contributed by atoms with Gasteiger partial charge in [-0.05, 0) is 24.3 Å². The predicted molar refractivity (Wildman–Crippen MR) is 90.2 cm³/mol. The molecule has 0 spiro atoms. The zero-order valence-corrected chi connectivity index (χ0v) is 13.6. The number of nitrogens with one attached hydrogen (secondary N) is 1. The van der Waals surface area contributed by atoms with Crippen LogP contribution in [0.5, 0.6) is 0 Å². The van der Waals surface area contributed by atoms with E-state index in [1.807, 2.05) is 32.3 Å². The maximum Gasteiger partial charge on any atom is 0.228 e. The summed E-state index contributed by atoms with van der Waals surface area (Å²) in [6.07, 6.45) is 6.07. The van der Waals surface area contributed by atoms with E-state index in [2.05, 4.69) is 29.4 Å². The molecular weight excluding hydrogens is 272 g/mol. The average Bonchev–Trinajstić information content (AvgIpc) is 2.54. The minimum absolute atomic E-state index is 0.0392. The molecule has 0 radical (unpaired) electrons. The van der Waals surface area contributed by atoms with Gasteiger partial charge in [0.1, 0.15) is 0 Å². The van der Waals surface area contributed by atoms with Crippen LogP contribution in [-0.4, -0.2) is 31.4 Å². The zero-order valence-electron chi connectivity index (χ0n) is 13.6. The summed E-state index contributed by atoms with van der Waals surface area (Å²) in [6.45, 7) is 0.410. The Kier molecular flexibility index (Phi) is 6.33. The van der Waals surface area contributed by atoms with Crippen LogP contribution < -0.4 is 5.32 Å². The lowest BCUT2D eigenvalue weighted by molar-refractivity contribution is -0.123. The van der Waals surface area contributed by atoms with Crippen LogP contribution >= 0.6 is 0 Å². The van der Waals surface area contributed by atoms with E-state index < -0.39 is 0 Å². The third-order valence-electron chi connectivity index (χ3n) is 4.22. The van der Waals surface area contributed by atoms with Crippen LogP contribution in [0, 0.1) is 17.9 Å². The van der Waals surface area contributed by atoms with Crippen molar-refractivity contribution >= 4 is 5.91 Å². The van der Waals surface area contributed by atoms with Gasteiger partial charge in [0.25, 0.3) is 0 Å². The molecule has 2 rings (SSSR count). The average molecular weight is 298 g/mol. The molecule has 0 bridgehead atoms. The van der Waals surface area contributed by atoms with Crippen LogP contribution in [-0.2, 0) is 4.79 Å². The highest BCUT2D eigenvalue weighted by Gasteiger charge is 2.30. The van der Waals surface area contributed by atoms with Crippen LogP contribution in [0.4, 0.5) is 0 Å². The van der Waals surface area contributed by atoms with Crippen molar-refractivity contribution < 1.29 is 4.79 Å². The quantitative estimate of drug-likeness (QED) is 0.684. The van der Waals surface area contributed by atoms with E-state index in [0.717, 1.165) is 18.4 Å². The van der Waals surface area contributed by atoms with Crippen molar-refractivity contribution in [2.45, 2.75) is 38.0 Å². The van der Waals surface area contributed by atoms with Crippen LogP contribution in [0.3, 0.4) is 0 Å². The molecule has 1 N–H and O–H groups in total. The topological polar surface area (TPSA) is 32.3 Å². The lowest BCUT2D eigenvalue weighted by Gasteiger charge is -2.29. The lowest BCUT2D eigenvalue weighted by Crippen LogP contribution is -2.34. The first-order valence-electron chi connectivity index (χ1n) is 8.17. The first-order chi connectivity index (χ1) is 10.7. The first kappa shape index (κ1) is 16.4.